The molecule has 0 bridgehead atoms. The molecule has 10 heteroatoms. The molecule has 1 aliphatic rings. The maximum absolute atomic E-state index is 14.1. The number of rotatable bonds is 8. The molecular weight excluding hydrogens is 500 g/mol. The fraction of sp³-hybridized carbons (Fsp3) is 0.586. The minimum atomic E-state index is -1.38. The van der Waals surface area contributed by atoms with Crippen molar-refractivity contribution in [1.29, 1.82) is 0 Å². The highest BCUT2D eigenvalue weighted by Crippen LogP contribution is 2.27. The van der Waals surface area contributed by atoms with Gasteiger partial charge in [0.1, 0.15) is 23.2 Å². The summed E-state index contributed by atoms with van der Waals surface area (Å²) in [7, 11) is 0. The number of nitrogens with zero attached hydrogens (tertiary/aromatic N) is 1. The molecule has 1 saturated heterocycles. The summed E-state index contributed by atoms with van der Waals surface area (Å²) in [6.07, 6.45) is 2.80. The zero-order valence-corrected chi connectivity index (χ0v) is 24.1. The number of aromatic amines is 1. The summed E-state index contributed by atoms with van der Waals surface area (Å²) < 4.78 is 10.6. The average molecular weight is 543 g/mol. The van der Waals surface area contributed by atoms with Crippen molar-refractivity contribution in [2.24, 2.45) is 5.92 Å². The lowest BCUT2D eigenvalue weighted by Gasteiger charge is -2.40. The second-order valence-corrected chi connectivity index (χ2v) is 11.7. The molecule has 2 aromatic rings. The lowest BCUT2D eigenvalue weighted by molar-refractivity contribution is -0.160. The first-order valence-electron chi connectivity index (χ1n) is 13.6. The van der Waals surface area contributed by atoms with Crippen LogP contribution in [-0.2, 0) is 30.3 Å². The number of hydrogen-bond acceptors (Lipinski definition) is 6. The number of likely N-dealkylation sites (tertiary alicyclic amines) is 1. The SMILES string of the molecule is CCOC(=O)C1C(C)CCCN1C(=O)[C@@H](Cc1c[nH]c2ccccc12)NC(=O)C(C)(C)NC(=O)OC(C)(C)C. The van der Waals surface area contributed by atoms with E-state index in [2.05, 4.69) is 15.6 Å². The van der Waals surface area contributed by atoms with E-state index in [9.17, 15) is 19.2 Å². The number of alkyl carbamates (subject to hydrolysis) is 1. The molecule has 1 aromatic heterocycles. The molecule has 10 nitrogen and oxygen atoms in total. The third kappa shape index (κ3) is 7.52. The maximum atomic E-state index is 14.1. The Balaban J connectivity index is 1.91. The number of aromatic nitrogens is 1. The van der Waals surface area contributed by atoms with Crippen molar-refractivity contribution in [3.63, 3.8) is 0 Å². The van der Waals surface area contributed by atoms with Crippen LogP contribution in [0.5, 0.6) is 0 Å². The van der Waals surface area contributed by atoms with Crippen molar-refractivity contribution < 1.29 is 28.7 Å². The lowest BCUT2D eigenvalue weighted by Crippen LogP contribution is -2.62. The highest BCUT2D eigenvalue weighted by molar-refractivity contribution is 5.95. The van der Waals surface area contributed by atoms with Crippen LogP contribution < -0.4 is 10.6 Å². The highest BCUT2D eigenvalue weighted by Gasteiger charge is 2.42. The summed E-state index contributed by atoms with van der Waals surface area (Å²) in [5.74, 6) is -1.45. The van der Waals surface area contributed by atoms with Gasteiger partial charge in [-0.25, -0.2) is 9.59 Å². The molecule has 0 radical (unpaired) electrons. The Morgan fingerprint density at radius 2 is 1.82 bits per heavy atom. The Bertz CT molecular complexity index is 1200. The first-order valence-corrected chi connectivity index (χ1v) is 13.6. The second kappa shape index (κ2) is 12.1. The minimum absolute atomic E-state index is 0.0866. The van der Waals surface area contributed by atoms with Crippen LogP contribution in [0.15, 0.2) is 30.5 Å². The molecule has 1 fully saturated rings. The van der Waals surface area contributed by atoms with Crippen LogP contribution in [0.1, 0.15) is 66.9 Å². The summed E-state index contributed by atoms with van der Waals surface area (Å²) in [5, 5.41) is 6.40. The van der Waals surface area contributed by atoms with Gasteiger partial charge in [-0.2, -0.15) is 0 Å². The quantitative estimate of drug-likeness (QED) is 0.436. The molecule has 0 spiro atoms. The molecule has 3 atom stereocenters. The van der Waals surface area contributed by atoms with Gasteiger partial charge in [0, 0.05) is 30.1 Å². The Morgan fingerprint density at radius 3 is 2.49 bits per heavy atom. The van der Waals surface area contributed by atoms with E-state index in [-0.39, 0.29) is 24.9 Å². The Kier molecular flexibility index (Phi) is 9.30. The van der Waals surface area contributed by atoms with Crippen molar-refractivity contribution in [2.45, 2.75) is 91.0 Å². The first-order chi connectivity index (χ1) is 18.2. The van der Waals surface area contributed by atoms with E-state index in [4.69, 9.17) is 9.47 Å². The first kappa shape index (κ1) is 30.0. The summed E-state index contributed by atoms with van der Waals surface area (Å²) in [6, 6.07) is 5.98. The van der Waals surface area contributed by atoms with Crippen LogP contribution in [0, 0.1) is 5.92 Å². The number of carbonyl (C=O) groups is 4. The van der Waals surface area contributed by atoms with E-state index in [1.807, 2.05) is 37.4 Å². The predicted octanol–water partition coefficient (Wildman–Crippen LogP) is 3.69. The Morgan fingerprint density at radius 1 is 1.13 bits per heavy atom. The maximum Gasteiger partial charge on any atom is 0.408 e. The number of para-hydroxylation sites is 1. The molecule has 2 heterocycles. The van der Waals surface area contributed by atoms with Crippen LogP contribution in [0.2, 0.25) is 0 Å². The highest BCUT2D eigenvalue weighted by atomic mass is 16.6. The van der Waals surface area contributed by atoms with E-state index in [0.29, 0.717) is 6.54 Å². The molecule has 1 aromatic carbocycles. The largest absolute Gasteiger partial charge is 0.464 e. The topological polar surface area (TPSA) is 130 Å². The number of hydrogen-bond donors (Lipinski definition) is 3. The van der Waals surface area contributed by atoms with E-state index in [1.165, 1.54) is 0 Å². The molecular formula is C29H42N4O6. The van der Waals surface area contributed by atoms with Crippen molar-refractivity contribution in [3.8, 4) is 0 Å². The lowest BCUT2D eigenvalue weighted by atomic mass is 9.89. The third-order valence-electron chi connectivity index (χ3n) is 6.83. The summed E-state index contributed by atoms with van der Waals surface area (Å²) >= 11 is 0. The van der Waals surface area contributed by atoms with Crippen LogP contribution in [-0.4, -0.2) is 70.1 Å². The van der Waals surface area contributed by atoms with Crippen molar-refractivity contribution in [2.75, 3.05) is 13.2 Å². The molecule has 1 aliphatic heterocycles. The number of esters is 1. The fourth-order valence-electron chi connectivity index (χ4n) is 4.90. The van der Waals surface area contributed by atoms with Crippen molar-refractivity contribution in [3.05, 3.63) is 36.0 Å². The molecule has 3 rings (SSSR count). The Labute approximate surface area is 230 Å². The monoisotopic (exact) mass is 542 g/mol. The van der Waals surface area contributed by atoms with E-state index >= 15 is 0 Å². The molecule has 3 N–H and O–H groups in total. The fourth-order valence-corrected chi connectivity index (χ4v) is 4.90. The van der Waals surface area contributed by atoms with Crippen molar-refractivity contribution >= 4 is 34.8 Å². The van der Waals surface area contributed by atoms with Crippen LogP contribution >= 0.6 is 0 Å². The van der Waals surface area contributed by atoms with Crippen molar-refractivity contribution in [1.82, 2.24) is 20.5 Å². The van der Waals surface area contributed by atoms with E-state index in [0.717, 1.165) is 29.3 Å². The smallest absolute Gasteiger partial charge is 0.408 e. The number of fused-ring (bicyclic) bond motifs is 1. The average Bonchev–Trinajstić information content (AvgIpc) is 3.24. The van der Waals surface area contributed by atoms with Gasteiger partial charge in [-0.1, -0.05) is 25.1 Å². The van der Waals surface area contributed by atoms with Gasteiger partial charge in [0.05, 0.1) is 6.61 Å². The van der Waals surface area contributed by atoms with E-state index in [1.54, 1.807) is 46.4 Å². The van der Waals surface area contributed by atoms with Crippen LogP contribution in [0.4, 0.5) is 4.79 Å². The molecule has 3 amide bonds. The normalized spacial score (nSPS) is 18.8. The van der Waals surface area contributed by atoms with Gasteiger partial charge in [0.2, 0.25) is 11.8 Å². The van der Waals surface area contributed by atoms with Gasteiger partial charge in [0.25, 0.3) is 0 Å². The summed E-state index contributed by atoms with van der Waals surface area (Å²) in [4.78, 5) is 57.6. The molecule has 214 valence electrons. The number of ether oxygens (including phenoxy) is 2. The van der Waals surface area contributed by atoms with Crippen LogP contribution in [0.25, 0.3) is 10.9 Å². The van der Waals surface area contributed by atoms with Gasteiger partial charge >= 0.3 is 12.1 Å². The number of piperidine rings is 1. The number of amides is 3. The summed E-state index contributed by atoms with van der Waals surface area (Å²) in [5.41, 5.74) is -0.359. The van der Waals surface area contributed by atoms with Gasteiger partial charge < -0.3 is 30.0 Å². The predicted molar refractivity (Wildman–Crippen MR) is 148 cm³/mol. The second-order valence-electron chi connectivity index (χ2n) is 11.7. The number of carbonyl (C=O) groups excluding carboxylic acids is 4. The third-order valence-corrected chi connectivity index (χ3v) is 6.83. The molecule has 2 unspecified atom stereocenters. The Hall–Kier alpha value is -3.56. The van der Waals surface area contributed by atoms with Gasteiger partial charge in [0.15, 0.2) is 0 Å². The zero-order valence-electron chi connectivity index (χ0n) is 24.1. The van der Waals surface area contributed by atoms with Gasteiger partial charge in [-0.15, -0.1) is 0 Å². The van der Waals surface area contributed by atoms with E-state index < -0.39 is 41.2 Å². The number of nitrogens with one attached hydrogen (secondary N) is 3. The standard InChI is InChI=1S/C29H42N4O6/c1-8-38-25(35)23-18(2)12-11-15-33(23)24(34)22(16-19-17-30-21-14-10-9-13-20(19)21)31-26(36)29(6,7)32-27(37)39-28(3,4)5/h9-10,13-14,17-18,22-23,30H,8,11-12,15-16H2,1-7H3,(H,31,36)(H,32,37)/t18?,22-,23?/m1/s1. The minimum Gasteiger partial charge on any atom is -0.464 e. The molecule has 39 heavy (non-hydrogen) atoms. The molecule has 0 aliphatic carbocycles. The molecule has 0 saturated carbocycles. The van der Waals surface area contributed by atoms with Gasteiger partial charge in [-0.05, 0) is 71.9 Å². The number of benzene rings is 1. The van der Waals surface area contributed by atoms with Crippen LogP contribution in [0.3, 0.4) is 0 Å². The number of H-pyrrole nitrogens is 1. The zero-order chi connectivity index (χ0) is 29.0. The summed E-state index contributed by atoms with van der Waals surface area (Å²) in [6.45, 7) is 12.5. The van der Waals surface area contributed by atoms with Gasteiger partial charge in [-0.3, -0.25) is 9.59 Å².